The summed E-state index contributed by atoms with van der Waals surface area (Å²) in [6.07, 6.45) is 24.2. The molecule has 1 rings (SSSR count). The van der Waals surface area contributed by atoms with Crippen LogP contribution in [0.5, 0.6) is 0 Å². The van der Waals surface area contributed by atoms with Gasteiger partial charge in [0.1, 0.15) is 6.54 Å². The smallest absolute Gasteiger partial charge is 0.171 e. The summed E-state index contributed by atoms with van der Waals surface area (Å²) < 4.78 is 2.38. The Kier molecular flexibility index (Phi) is 14.7. The largest absolute Gasteiger partial charge is 0.396 e. The second-order valence-corrected chi connectivity index (χ2v) is 7.52. The van der Waals surface area contributed by atoms with Crippen molar-refractivity contribution in [3.8, 4) is 0 Å². The van der Waals surface area contributed by atoms with Crippen LogP contribution in [0, 0.1) is 0 Å². The van der Waals surface area contributed by atoms with Gasteiger partial charge in [0, 0.05) is 24.7 Å². The molecule has 0 fully saturated rings. The van der Waals surface area contributed by atoms with Crippen LogP contribution < -0.4 is 4.57 Å². The third-order valence-corrected chi connectivity index (χ3v) is 5.06. The number of aliphatic hydroxyl groups is 1. The highest BCUT2D eigenvalue weighted by Crippen LogP contribution is 2.10. The van der Waals surface area contributed by atoms with E-state index in [4.69, 9.17) is 5.11 Å². The standard InChI is InChI=1S/C23H42NO/c1-2-3-4-5-10-13-17-23-18-16-20-24(22-23)19-14-11-8-6-7-9-12-15-21-25/h16,18,20,22,25H,2-15,17,19,21H2,1H3/q+1. The number of hydrogen-bond donors (Lipinski definition) is 1. The Morgan fingerprint density at radius 1 is 0.760 bits per heavy atom. The summed E-state index contributed by atoms with van der Waals surface area (Å²) in [7, 11) is 0. The van der Waals surface area contributed by atoms with Crippen LogP contribution in [0.4, 0.5) is 0 Å². The lowest BCUT2D eigenvalue weighted by molar-refractivity contribution is -0.697. The summed E-state index contributed by atoms with van der Waals surface area (Å²) in [5.74, 6) is 0. The van der Waals surface area contributed by atoms with Gasteiger partial charge < -0.3 is 5.11 Å². The molecule has 1 N–H and O–H groups in total. The van der Waals surface area contributed by atoms with Gasteiger partial charge in [-0.15, -0.1) is 0 Å². The van der Waals surface area contributed by atoms with Crippen LogP contribution in [0.2, 0.25) is 0 Å². The van der Waals surface area contributed by atoms with Gasteiger partial charge in [0.15, 0.2) is 12.4 Å². The van der Waals surface area contributed by atoms with E-state index in [9.17, 15) is 0 Å². The molecule has 0 bridgehead atoms. The summed E-state index contributed by atoms with van der Waals surface area (Å²) in [5.41, 5.74) is 1.50. The number of aromatic nitrogens is 1. The molecule has 1 aromatic heterocycles. The first kappa shape index (κ1) is 22.2. The summed E-state index contributed by atoms with van der Waals surface area (Å²) in [5, 5.41) is 8.76. The minimum Gasteiger partial charge on any atom is -0.396 e. The third kappa shape index (κ3) is 13.0. The van der Waals surface area contributed by atoms with Gasteiger partial charge in [0.2, 0.25) is 0 Å². The lowest BCUT2D eigenvalue weighted by Crippen LogP contribution is -2.33. The maximum absolute atomic E-state index is 8.76. The molecule has 25 heavy (non-hydrogen) atoms. The lowest BCUT2D eigenvalue weighted by atomic mass is 10.1. The molecule has 144 valence electrons. The Bertz CT molecular complexity index is 405. The zero-order valence-electron chi connectivity index (χ0n) is 16.7. The van der Waals surface area contributed by atoms with E-state index in [1.807, 2.05) is 0 Å². The molecule has 0 saturated carbocycles. The molecule has 1 aromatic rings. The molecule has 0 radical (unpaired) electrons. The SMILES string of the molecule is CCCCCCCCc1ccc[n+](CCCCCCCCCCO)c1. The number of aryl methyl sites for hydroxylation is 2. The Balaban J connectivity index is 2.04. The Hall–Kier alpha value is -0.890. The second kappa shape index (κ2) is 16.6. The highest BCUT2D eigenvalue weighted by molar-refractivity contribution is 5.05. The van der Waals surface area contributed by atoms with Gasteiger partial charge in [-0.05, 0) is 31.7 Å². The first-order valence-corrected chi connectivity index (χ1v) is 11.0. The number of pyridine rings is 1. The van der Waals surface area contributed by atoms with E-state index >= 15 is 0 Å². The minimum absolute atomic E-state index is 0.356. The van der Waals surface area contributed by atoms with Gasteiger partial charge in [-0.1, -0.05) is 71.1 Å². The maximum Gasteiger partial charge on any atom is 0.171 e. The van der Waals surface area contributed by atoms with Gasteiger partial charge in [0.25, 0.3) is 0 Å². The average Bonchev–Trinajstić information content (AvgIpc) is 2.63. The first-order chi connectivity index (χ1) is 12.4. The summed E-state index contributed by atoms with van der Waals surface area (Å²) in [6, 6.07) is 4.50. The lowest BCUT2D eigenvalue weighted by Gasteiger charge is -2.03. The van der Waals surface area contributed by atoms with Crippen molar-refractivity contribution >= 4 is 0 Å². The fraction of sp³-hybridized carbons (Fsp3) is 0.783. The van der Waals surface area contributed by atoms with Gasteiger partial charge in [-0.25, -0.2) is 4.57 Å². The molecule has 2 nitrogen and oxygen atoms in total. The average molecular weight is 349 g/mol. The Morgan fingerprint density at radius 2 is 1.36 bits per heavy atom. The normalized spacial score (nSPS) is 11.1. The van der Waals surface area contributed by atoms with Crippen molar-refractivity contribution in [1.29, 1.82) is 0 Å². The predicted octanol–water partition coefficient (Wildman–Crippen LogP) is 5.99. The summed E-state index contributed by atoms with van der Waals surface area (Å²) in [6.45, 7) is 3.80. The van der Waals surface area contributed by atoms with Gasteiger partial charge in [0.05, 0.1) is 0 Å². The Labute approximate surface area is 156 Å². The highest BCUT2D eigenvalue weighted by Gasteiger charge is 2.03. The maximum atomic E-state index is 8.76. The molecule has 2 heteroatoms. The molecule has 0 aliphatic carbocycles. The van der Waals surface area contributed by atoms with Crippen molar-refractivity contribution in [2.45, 2.75) is 110 Å². The molecular weight excluding hydrogens is 306 g/mol. The predicted molar refractivity (Wildman–Crippen MR) is 108 cm³/mol. The van der Waals surface area contributed by atoms with Crippen LogP contribution in [0.25, 0.3) is 0 Å². The molecular formula is C23H42NO+. The molecule has 0 atom stereocenters. The molecule has 0 aliphatic heterocycles. The number of hydrogen-bond acceptors (Lipinski definition) is 1. The van der Waals surface area contributed by atoms with Crippen LogP contribution in [-0.4, -0.2) is 11.7 Å². The van der Waals surface area contributed by atoms with E-state index in [0.717, 1.165) is 13.0 Å². The highest BCUT2D eigenvalue weighted by atomic mass is 16.2. The van der Waals surface area contributed by atoms with E-state index in [2.05, 4.69) is 36.0 Å². The van der Waals surface area contributed by atoms with Crippen LogP contribution >= 0.6 is 0 Å². The van der Waals surface area contributed by atoms with Crippen molar-refractivity contribution < 1.29 is 9.67 Å². The van der Waals surface area contributed by atoms with Crippen molar-refractivity contribution in [3.63, 3.8) is 0 Å². The molecule has 0 spiro atoms. The van der Waals surface area contributed by atoms with E-state index in [1.54, 1.807) is 0 Å². The zero-order valence-corrected chi connectivity index (χ0v) is 16.7. The van der Waals surface area contributed by atoms with Crippen LogP contribution in [0.1, 0.15) is 102 Å². The van der Waals surface area contributed by atoms with Gasteiger partial charge >= 0.3 is 0 Å². The van der Waals surface area contributed by atoms with Crippen molar-refractivity contribution in [2.75, 3.05) is 6.61 Å². The van der Waals surface area contributed by atoms with Crippen molar-refractivity contribution in [3.05, 3.63) is 30.1 Å². The Morgan fingerprint density at radius 3 is 2.04 bits per heavy atom. The molecule has 0 unspecified atom stereocenters. The fourth-order valence-electron chi connectivity index (χ4n) is 3.44. The quantitative estimate of drug-likeness (QED) is 0.271. The molecule has 1 heterocycles. The van der Waals surface area contributed by atoms with E-state index < -0.39 is 0 Å². The van der Waals surface area contributed by atoms with E-state index in [-0.39, 0.29) is 0 Å². The van der Waals surface area contributed by atoms with E-state index in [0.29, 0.717) is 6.61 Å². The van der Waals surface area contributed by atoms with Crippen LogP contribution in [0.15, 0.2) is 24.5 Å². The number of rotatable bonds is 17. The fourth-order valence-corrected chi connectivity index (χ4v) is 3.44. The first-order valence-electron chi connectivity index (χ1n) is 11.0. The molecule has 0 aliphatic rings. The molecule has 0 saturated heterocycles. The van der Waals surface area contributed by atoms with E-state index in [1.165, 1.54) is 95.5 Å². The molecule has 0 amide bonds. The zero-order chi connectivity index (χ0) is 18.0. The summed E-state index contributed by atoms with van der Waals surface area (Å²) in [4.78, 5) is 0. The third-order valence-electron chi connectivity index (χ3n) is 5.06. The van der Waals surface area contributed by atoms with Crippen LogP contribution in [-0.2, 0) is 13.0 Å². The number of aliphatic hydroxyl groups excluding tert-OH is 1. The van der Waals surface area contributed by atoms with Gasteiger partial charge in [-0.3, -0.25) is 0 Å². The van der Waals surface area contributed by atoms with Crippen LogP contribution in [0.3, 0.4) is 0 Å². The topological polar surface area (TPSA) is 24.1 Å². The second-order valence-electron chi connectivity index (χ2n) is 7.52. The van der Waals surface area contributed by atoms with Gasteiger partial charge in [-0.2, -0.15) is 0 Å². The number of unbranched alkanes of at least 4 members (excludes halogenated alkanes) is 12. The summed E-state index contributed by atoms with van der Waals surface area (Å²) >= 11 is 0. The van der Waals surface area contributed by atoms with Crippen molar-refractivity contribution in [2.24, 2.45) is 0 Å². The minimum atomic E-state index is 0.356. The monoisotopic (exact) mass is 348 g/mol. The number of nitrogens with zero attached hydrogens (tertiary/aromatic N) is 1. The molecule has 0 aromatic carbocycles. The van der Waals surface area contributed by atoms with Crippen molar-refractivity contribution in [1.82, 2.24) is 0 Å².